The second-order valence-corrected chi connectivity index (χ2v) is 5.46. The summed E-state index contributed by atoms with van der Waals surface area (Å²) in [6.07, 6.45) is 3.44. The van der Waals surface area contributed by atoms with Crippen molar-refractivity contribution in [2.75, 3.05) is 5.32 Å². The zero-order valence-corrected chi connectivity index (χ0v) is 13.2. The Kier molecular flexibility index (Phi) is 6.17. The van der Waals surface area contributed by atoms with Crippen LogP contribution >= 0.6 is 0 Å². The van der Waals surface area contributed by atoms with Gasteiger partial charge in [-0.05, 0) is 49.3 Å². The van der Waals surface area contributed by atoms with Crippen LogP contribution in [-0.2, 0) is 10.2 Å². The van der Waals surface area contributed by atoms with E-state index in [1.54, 1.807) is 6.92 Å². The maximum Gasteiger partial charge on any atom is 0.250 e. The molecule has 1 N–H and O–H groups in total. The van der Waals surface area contributed by atoms with Crippen LogP contribution < -0.4 is 5.32 Å². The molecule has 21 heavy (non-hydrogen) atoms. The lowest BCUT2D eigenvalue weighted by Gasteiger charge is -2.32. The number of nitrogens with zero attached hydrogens (tertiary/aromatic N) is 1. The summed E-state index contributed by atoms with van der Waals surface area (Å²) < 4.78 is 0. The van der Waals surface area contributed by atoms with Gasteiger partial charge in [-0.1, -0.05) is 32.6 Å². The van der Waals surface area contributed by atoms with Crippen LogP contribution in [0.2, 0.25) is 0 Å². The van der Waals surface area contributed by atoms with Crippen molar-refractivity contribution in [3.05, 3.63) is 42.0 Å². The zero-order valence-electron chi connectivity index (χ0n) is 13.2. The number of anilines is 1. The number of carbonyl (C=O) groups is 1. The molecule has 0 radical (unpaired) electrons. The van der Waals surface area contributed by atoms with Gasteiger partial charge in [0.05, 0.1) is 6.07 Å². The summed E-state index contributed by atoms with van der Waals surface area (Å²) in [7, 11) is 0. The number of carbonyl (C=O) groups excluding carboxylic acids is 1. The molecule has 1 amide bonds. The van der Waals surface area contributed by atoms with Crippen LogP contribution in [0.3, 0.4) is 0 Å². The predicted octanol–water partition coefficient (Wildman–Crippen LogP) is 4.56. The molecular weight excluding hydrogens is 260 g/mol. The second-order valence-electron chi connectivity index (χ2n) is 5.46. The van der Waals surface area contributed by atoms with Gasteiger partial charge in [0.15, 0.2) is 0 Å². The number of benzene rings is 1. The van der Waals surface area contributed by atoms with E-state index < -0.39 is 0 Å². The van der Waals surface area contributed by atoms with Gasteiger partial charge in [0.25, 0.3) is 5.91 Å². The van der Waals surface area contributed by atoms with E-state index in [0.29, 0.717) is 12.0 Å². The lowest BCUT2D eigenvalue weighted by Crippen LogP contribution is -2.24. The van der Waals surface area contributed by atoms with Gasteiger partial charge >= 0.3 is 0 Å². The fraction of sp³-hybridized carbons (Fsp3) is 0.444. The molecule has 0 spiro atoms. The van der Waals surface area contributed by atoms with Gasteiger partial charge in [0.1, 0.15) is 0 Å². The Morgan fingerprint density at radius 3 is 2.29 bits per heavy atom. The number of hydrogen-bond donors (Lipinski definition) is 1. The topological polar surface area (TPSA) is 52.9 Å². The number of nitrogens with one attached hydrogen (secondary N) is 1. The van der Waals surface area contributed by atoms with Crippen molar-refractivity contribution in [1.82, 2.24) is 0 Å². The molecule has 1 aromatic carbocycles. The third-order valence-electron chi connectivity index (χ3n) is 4.21. The molecule has 3 nitrogen and oxygen atoms in total. The van der Waals surface area contributed by atoms with Crippen LogP contribution in [0.4, 0.5) is 5.69 Å². The summed E-state index contributed by atoms with van der Waals surface area (Å²) in [6, 6.07) is 10.2. The normalized spacial score (nSPS) is 10.8. The van der Waals surface area contributed by atoms with E-state index in [-0.39, 0.29) is 11.3 Å². The van der Waals surface area contributed by atoms with E-state index in [9.17, 15) is 4.79 Å². The molecule has 0 aliphatic carbocycles. The maximum absolute atomic E-state index is 11.6. The maximum atomic E-state index is 11.6. The standard InChI is InChI=1S/C18H24N2O/c1-5-18(6-2,12-7-13-19)15-8-10-16(11-9-15)20-17(21)14(3)4/h8-11H,3,5-7,12H2,1-2,4H3,(H,20,21). The largest absolute Gasteiger partial charge is 0.322 e. The highest BCUT2D eigenvalue weighted by molar-refractivity contribution is 6.02. The quantitative estimate of drug-likeness (QED) is 0.746. The zero-order chi connectivity index (χ0) is 15.9. The average molecular weight is 284 g/mol. The molecule has 0 aromatic heterocycles. The summed E-state index contributed by atoms with van der Waals surface area (Å²) in [5.41, 5.74) is 2.54. The van der Waals surface area contributed by atoms with E-state index in [0.717, 1.165) is 24.9 Å². The predicted molar refractivity (Wildman–Crippen MR) is 87.0 cm³/mol. The van der Waals surface area contributed by atoms with Gasteiger partial charge in [-0.3, -0.25) is 4.79 Å². The summed E-state index contributed by atoms with van der Waals surface area (Å²) >= 11 is 0. The van der Waals surface area contributed by atoms with Crippen molar-refractivity contribution in [2.24, 2.45) is 0 Å². The van der Waals surface area contributed by atoms with E-state index >= 15 is 0 Å². The van der Waals surface area contributed by atoms with Crippen molar-refractivity contribution < 1.29 is 4.79 Å². The fourth-order valence-electron chi connectivity index (χ4n) is 2.60. The highest BCUT2D eigenvalue weighted by Gasteiger charge is 2.27. The molecule has 0 heterocycles. The van der Waals surface area contributed by atoms with E-state index in [2.05, 4.69) is 43.9 Å². The Hall–Kier alpha value is -2.08. The third-order valence-corrected chi connectivity index (χ3v) is 4.21. The SMILES string of the molecule is C=C(C)C(=O)Nc1ccc(C(CC)(CC)CCC#N)cc1. The smallest absolute Gasteiger partial charge is 0.250 e. The van der Waals surface area contributed by atoms with Gasteiger partial charge in [0.2, 0.25) is 0 Å². The molecule has 0 aliphatic rings. The summed E-state index contributed by atoms with van der Waals surface area (Å²) in [4.78, 5) is 11.6. The first-order valence-corrected chi connectivity index (χ1v) is 7.43. The van der Waals surface area contributed by atoms with Crippen molar-refractivity contribution in [1.29, 1.82) is 5.26 Å². The molecule has 0 fully saturated rings. The fourth-order valence-corrected chi connectivity index (χ4v) is 2.60. The first-order chi connectivity index (χ1) is 9.99. The third kappa shape index (κ3) is 4.19. The molecule has 0 aliphatic heterocycles. The van der Waals surface area contributed by atoms with Crippen molar-refractivity contribution >= 4 is 11.6 Å². The van der Waals surface area contributed by atoms with Gasteiger partial charge in [-0.2, -0.15) is 5.26 Å². The minimum Gasteiger partial charge on any atom is -0.322 e. The lowest BCUT2D eigenvalue weighted by atomic mass is 9.72. The Bertz CT molecular complexity index is 533. The van der Waals surface area contributed by atoms with Crippen LogP contribution in [0, 0.1) is 11.3 Å². The van der Waals surface area contributed by atoms with Crippen LogP contribution in [0.5, 0.6) is 0 Å². The molecule has 0 bridgehead atoms. The molecular formula is C18H24N2O. The first-order valence-electron chi connectivity index (χ1n) is 7.43. The Balaban J connectivity index is 2.95. The number of rotatable bonds is 7. The molecule has 1 rings (SSSR count). The Labute approximate surface area is 127 Å². The van der Waals surface area contributed by atoms with Crippen molar-refractivity contribution in [3.8, 4) is 6.07 Å². The Morgan fingerprint density at radius 2 is 1.86 bits per heavy atom. The lowest BCUT2D eigenvalue weighted by molar-refractivity contribution is -0.112. The van der Waals surface area contributed by atoms with E-state index in [1.807, 2.05) is 12.1 Å². The molecule has 0 saturated heterocycles. The van der Waals surface area contributed by atoms with Gasteiger partial charge in [-0.15, -0.1) is 0 Å². The van der Waals surface area contributed by atoms with Gasteiger partial charge in [-0.25, -0.2) is 0 Å². The summed E-state index contributed by atoms with van der Waals surface area (Å²) in [6.45, 7) is 9.64. The molecule has 0 unspecified atom stereocenters. The minimum atomic E-state index is -0.163. The summed E-state index contributed by atoms with van der Waals surface area (Å²) in [5.74, 6) is -0.163. The van der Waals surface area contributed by atoms with Crippen LogP contribution in [0.1, 0.15) is 52.0 Å². The van der Waals surface area contributed by atoms with Crippen molar-refractivity contribution in [3.63, 3.8) is 0 Å². The van der Waals surface area contributed by atoms with Crippen LogP contribution in [0.15, 0.2) is 36.4 Å². The van der Waals surface area contributed by atoms with Gasteiger partial charge in [0, 0.05) is 17.7 Å². The molecule has 3 heteroatoms. The number of amides is 1. The monoisotopic (exact) mass is 284 g/mol. The minimum absolute atomic E-state index is 0.0482. The average Bonchev–Trinajstić information content (AvgIpc) is 2.50. The number of hydrogen-bond acceptors (Lipinski definition) is 2. The van der Waals surface area contributed by atoms with Crippen LogP contribution in [0.25, 0.3) is 0 Å². The molecule has 1 aromatic rings. The first kappa shape index (κ1) is 17.0. The molecule has 0 saturated carbocycles. The number of nitriles is 1. The second kappa shape index (κ2) is 7.64. The molecule has 112 valence electrons. The highest BCUT2D eigenvalue weighted by Crippen LogP contribution is 2.36. The van der Waals surface area contributed by atoms with E-state index in [1.165, 1.54) is 5.56 Å². The van der Waals surface area contributed by atoms with Crippen LogP contribution in [-0.4, -0.2) is 5.91 Å². The van der Waals surface area contributed by atoms with E-state index in [4.69, 9.17) is 5.26 Å². The van der Waals surface area contributed by atoms with Crippen molar-refractivity contribution in [2.45, 2.75) is 51.9 Å². The van der Waals surface area contributed by atoms with Gasteiger partial charge < -0.3 is 5.32 Å². The summed E-state index contributed by atoms with van der Waals surface area (Å²) in [5, 5.41) is 11.7. The highest BCUT2D eigenvalue weighted by atomic mass is 16.1. The molecule has 0 atom stereocenters. The Morgan fingerprint density at radius 1 is 1.29 bits per heavy atom.